The summed E-state index contributed by atoms with van der Waals surface area (Å²) in [6.07, 6.45) is 0. The highest BCUT2D eigenvalue weighted by molar-refractivity contribution is 7.91. The molecule has 2 aromatic carbocycles. The van der Waals surface area contributed by atoms with Gasteiger partial charge in [-0.05, 0) is 24.3 Å². The van der Waals surface area contributed by atoms with Gasteiger partial charge in [0.2, 0.25) is 9.84 Å². The van der Waals surface area contributed by atoms with Crippen molar-refractivity contribution in [3.8, 4) is 0 Å². The first-order chi connectivity index (χ1) is 12.1. The van der Waals surface area contributed by atoms with Gasteiger partial charge in [-0.25, -0.2) is 12.8 Å². The predicted molar refractivity (Wildman–Crippen MR) is 93.0 cm³/mol. The predicted octanol–water partition coefficient (Wildman–Crippen LogP) is 1.94. The highest BCUT2D eigenvalue weighted by Crippen LogP contribution is 2.33. The first kappa shape index (κ1) is 16.0. The second-order valence-corrected chi connectivity index (χ2v) is 7.77. The van der Waals surface area contributed by atoms with Crippen molar-refractivity contribution >= 4 is 26.4 Å². The number of nitrogens with one attached hydrogen (secondary N) is 2. The van der Waals surface area contributed by atoms with Crippen LogP contribution in [0.4, 0.5) is 10.1 Å². The minimum atomic E-state index is -3.78. The van der Waals surface area contributed by atoms with Gasteiger partial charge in [-0.3, -0.25) is 5.10 Å². The Balaban J connectivity index is 1.88. The van der Waals surface area contributed by atoms with Crippen molar-refractivity contribution in [2.24, 2.45) is 0 Å². The Bertz CT molecular complexity index is 1010. The maximum atomic E-state index is 14.5. The molecule has 0 unspecified atom stereocenters. The van der Waals surface area contributed by atoms with E-state index in [1.54, 1.807) is 18.2 Å². The first-order valence-corrected chi connectivity index (χ1v) is 9.50. The Morgan fingerprint density at radius 3 is 2.48 bits per heavy atom. The van der Waals surface area contributed by atoms with Crippen LogP contribution in [0.1, 0.15) is 0 Å². The lowest BCUT2D eigenvalue weighted by Gasteiger charge is -2.29. The molecule has 3 aromatic rings. The molecule has 0 saturated carbocycles. The fourth-order valence-corrected chi connectivity index (χ4v) is 4.50. The number of benzene rings is 2. The summed E-state index contributed by atoms with van der Waals surface area (Å²) in [6.45, 7) is 2.80. The summed E-state index contributed by atoms with van der Waals surface area (Å²) >= 11 is 0. The number of halogens is 1. The minimum Gasteiger partial charge on any atom is -0.365 e. The molecule has 1 aromatic heterocycles. The van der Waals surface area contributed by atoms with E-state index in [1.165, 1.54) is 24.3 Å². The van der Waals surface area contributed by atoms with E-state index in [-0.39, 0.29) is 15.7 Å². The number of aromatic nitrogens is 2. The number of fused-ring (bicyclic) bond motifs is 1. The molecule has 0 amide bonds. The molecule has 8 heteroatoms. The number of rotatable bonds is 3. The van der Waals surface area contributed by atoms with E-state index in [4.69, 9.17) is 0 Å². The third-order valence-electron chi connectivity index (χ3n) is 4.37. The Morgan fingerprint density at radius 1 is 1.04 bits per heavy atom. The van der Waals surface area contributed by atoms with E-state index >= 15 is 0 Å². The van der Waals surface area contributed by atoms with Crippen LogP contribution in [0.25, 0.3) is 10.9 Å². The van der Waals surface area contributed by atoms with Crippen LogP contribution in [0.2, 0.25) is 0 Å². The standard InChI is InChI=1S/C17H17FN4O2S/c18-14-7-6-13-15(16(14)22-10-8-19-9-11-22)20-21-17(13)25(23,24)12-4-2-1-3-5-12/h1-7,19H,8-11H2,(H,20,21). The van der Waals surface area contributed by atoms with Crippen LogP contribution < -0.4 is 10.2 Å². The number of H-pyrrole nitrogens is 1. The van der Waals surface area contributed by atoms with Crippen LogP contribution in [0.15, 0.2) is 52.4 Å². The van der Waals surface area contributed by atoms with Crippen molar-refractivity contribution in [3.05, 3.63) is 48.3 Å². The van der Waals surface area contributed by atoms with Crippen molar-refractivity contribution in [1.29, 1.82) is 0 Å². The molecule has 0 bridgehead atoms. The monoisotopic (exact) mass is 360 g/mol. The molecular formula is C17H17FN4O2S. The van der Waals surface area contributed by atoms with Crippen LogP contribution in [0, 0.1) is 5.82 Å². The normalized spacial score (nSPS) is 15.6. The lowest BCUT2D eigenvalue weighted by Crippen LogP contribution is -2.44. The molecule has 1 saturated heterocycles. The van der Waals surface area contributed by atoms with Crippen LogP contribution in [0.3, 0.4) is 0 Å². The SMILES string of the molecule is O=S(=O)(c1ccccc1)c1n[nH]c2c(N3CCNCC3)c(F)ccc12. The van der Waals surface area contributed by atoms with Gasteiger partial charge in [0.25, 0.3) is 0 Å². The molecule has 0 radical (unpaired) electrons. The molecule has 0 aliphatic carbocycles. The van der Waals surface area contributed by atoms with E-state index in [1.807, 2.05) is 4.90 Å². The topological polar surface area (TPSA) is 78.1 Å². The first-order valence-electron chi connectivity index (χ1n) is 8.01. The number of nitrogens with zero attached hydrogens (tertiary/aromatic N) is 2. The molecule has 1 fully saturated rings. The van der Waals surface area contributed by atoms with Gasteiger partial charge in [0.05, 0.1) is 16.1 Å². The molecule has 1 aliphatic heterocycles. The van der Waals surface area contributed by atoms with Crippen LogP contribution >= 0.6 is 0 Å². The summed E-state index contributed by atoms with van der Waals surface area (Å²) in [5, 5.41) is 10.3. The number of sulfone groups is 1. The summed E-state index contributed by atoms with van der Waals surface area (Å²) in [6, 6.07) is 10.9. The van der Waals surface area contributed by atoms with Crippen LogP contribution in [0.5, 0.6) is 0 Å². The molecule has 1 aliphatic rings. The van der Waals surface area contributed by atoms with Crippen molar-refractivity contribution in [2.45, 2.75) is 9.92 Å². The lowest BCUT2D eigenvalue weighted by molar-refractivity contribution is 0.568. The van der Waals surface area contributed by atoms with E-state index in [0.717, 1.165) is 13.1 Å². The average molecular weight is 360 g/mol. The van der Waals surface area contributed by atoms with Gasteiger partial charge in [0.1, 0.15) is 5.82 Å². The quantitative estimate of drug-likeness (QED) is 0.746. The zero-order valence-corrected chi connectivity index (χ0v) is 14.2. The van der Waals surface area contributed by atoms with Gasteiger partial charge in [-0.2, -0.15) is 5.10 Å². The summed E-state index contributed by atoms with van der Waals surface area (Å²) < 4.78 is 40.2. The highest BCUT2D eigenvalue weighted by atomic mass is 32.2. The molecule has 25 heavy (non-hydrogen) atoms. The van der Waals surface area contributed by atoms with Crippen molar-refractivity contribution in [1.82, 2.24) is 15.5 Å². The van der Waals surface area contributed by atoms with E-state index < -0.39 is 9.84 Å². The molecular weight excluding hydrogens is 343 g/mol. The second-order valence-electron chi connectivity index (χ2n) is 5.90. The van der Waals surface area contributed by atoms with Gasteiger partial charge < -0.3 is 10.2 Å². The minimum absolute atomic E-state index is 0.0786. The molecule has 130 valence electrons. The van der Waals surface area contributed by atoms with Crippen molar-refractivity contribution < 1.29 is 12.8 Å². The molecule has 6 nitrogen and oxygen atoms in total. The van der Waals surface area contributed by atoms with Crippen molar-refractivity contribution in [2.75, 3.05) is 31.1 Å². The van der Waals surface area contributed by atoms with Gasteiger partial charge in [-0.15, -0.1) is 0 Å². The lowest BCUT2D eigenvalue weighted by atomic mass is 10.2. The molecule has 0 atom stereocenters. The van der Waals surface area contributed by atoms with Gasteiger partial charge in [0.15, 0.2) is 5.03 Å². The maximum Gasteiger partial charge on any atom is 0.226 e. The van der Waals surface area contributed by atoms with E-state index in [9.17, 15) is 12.8 Å². The molecule has 4 rings (SSSR count). The smallest absolute Gasteiger partial charge is 0.226 e. The number of hydrogen-bond donors (Lipinski definition) is 2. The fourth-order valence-electron chi connectivity index (χ4n) is 3.14. The number of aromatic amines is 1. The third kappa shape index (κ3) is 2.67. The van der Waals surface area contributed by atoms with Crippen molar-refractivity contribution in [3.63, 3.8) is 0 Å². The molecule has 0 spiro atoms. The van der Waals surface area contributed by atoms with E-state index in [0.29, 0.717) is 29.7 Å². The number of piperazine rings is 1. The summed E-state index contributed by atoms with van der Waals surface area (Å²) in [7, 11) is -3.78. The average Bonchev–Trinajstić information content (AvgIpc) is 3.08. The summed E-state index contributed by atoms with van der Waals surface area (Å²) in [5.74, 6) is -0.387. The number of hydrogen-bond acceptors (Lipinski definition) is 5. The summed E-state index contributed by atoms with van der Waals surface area (Å²) in [4.78, 5) is 2.07. The Hall–Kier alpha value is -2.45. The number of anilines is 1. The largest absolute Gasteiger partial charge is 0.365 e. The maximum absolute atomic E-state index is 14.5. The van der Waals surface area contributed by atoms with Gasteiger partial charge in [-0.1, -0.05) is 18.2 Å². The summed E-state index contributed by atoms with van der Waals surface area (Å²) in [5.41, 5.74) is 0.789. The van der Waals surface area contributed by atoms with Crippen LogP contribution in [-0.4, -0.2) is 44.8 Å². The zero-order chi connectivity index (χ0) is 17.4. The Kier molecular flexibility index (Phi) is 3.93. The highest BCUT2D eigenvalue weighted by Gasteiger charge is 2.27. The Labute approximate surface area is 144 Å². The fraction of sp³-hybridized carbons (Fsp3) is 0.235. The molecule has 2 heterocycles. The Morgan fingerprint density at radius 2 is 1.76 bits per heavy atom. The van der Waals surface area contributed by atoms with Gasteiger partial charge in [0, 0.05) is 31.6 Å². The second kappa shape index (κ2) is 6.12. The van der Waals surface area contributed by atoms with Gasteiger partial charge >= 0.3 is 0 Å². The zero-order valence-electron chi connectivity index (χ0n) is 13.4. The van der Waals surface area contributed by atoms with Crippen LogP contribution in [-0.2, 0) is 9.84 Å². The van der Waals surface area contributed by atoms with E-state index in [2.05, 4.69) is 15.5 Å². The molecule has 2 N–H and O–H groups in total. The third-order valence-corrected chi connectivity index (χ3v) is 6.08.